The summed E-state index contributed by atoms with van der Waals surface area (Å²) in [6, 6.07) is 0. The van der Waals surface area contributed by atoms with Crippen LogP contribution >= 0.6 is 0 Å². The number of ether oxygens (including phenoxy) is 2. The highest BCUT2D eigenvalue weighted by atomic mass is 16.6. The summed E-state index contributed by atoms with van der Waals surface area (Å²) in [5, 5.41) is 9.59. The zero-order valence-corrected chi connectivity index (χ0v) is 33.1. The highest BCUT2D eigenvalue weighted by Crippen LogP contribution is 2.11. The lowest BCUT2D eigenvalue weighted by Gasteiger charge is -2.15. The molecule has 0 rings (SSSR count). The number of aliphatic hydroxyl groups is 1. The van der Waals surface area contributed by atoms with Gasteiger partial charge in [-0.25, -0.2) is 0 Å². The van der Waals surface area contributed by atoms with Crippen molar-refractivity contribution in [1.82, 2.24) is 0 Å². The molecule has 0 spiro atoms. The van der Waals surface area contributed by atoms with Gasteiger partial charge in [0.1, 0.15) is 6.10 Å². The van der Waals surface area contributed by atoms with E-state index in [1.807, 2.05) is 0 Å². The third-order valence-corrected chi connectivity index (χ3v) is 8.37. The first-order valence-corrected chi connectivity index (χ1v) is 20.8. The molecule has 0 heterocycles. The maximum Gasteiger partial charge on any atom is 0.306 e. The number of hydrogen-bond donors (Lipinski definition) is 1. The van der Waals surface area contributed by atoms with E-state index in [2.05, 4.69) is 111 Å². The molecule has 1 atom stereocenters. The summed E-state index contributed by atoms with van der Waals surface area (Å²) in [6.07, 6.45) is 61.7. The Bertz CT molecular complexity index is 965. The van der Waals surface area contributed by atoms with Crippen LogP contribution in [0.5, 0.6) is 0 Å². The van der Waals surface area contributed by atoms with Gasteiger partial charge < -0.3 is 14.6 Å². The first-order valence-electron chi connectivity index (χ1n) is 20.8. The van der Waals surface area contributed by atoms with Gasteiger partial charge in [0, 0.05) is 13.0 Å². The number of rotatable bonds is 37. The SMILES string of the molecule is CC/C=C\C/C=C\C/C=C\C/C=C\C/C=C\C/C=C\CCCCCCCCC(=O)OC(CO)COCCCCCCCC/C=C\C/C=C\CCC. The van der Waals surface area contributed by atoms with Crippen molar-refractivity contribution in [3.8, 4) is 0 Å². The maximum atomic E-state index is 12.2. The Morgan fingerprint density at radius 2 is 0.882 bits per heavy atom. The molecular formula is C47H78O4. The molecule has 0 aliphatic carbocycles. The van der Waals surface area contributed by atoms with E-state index in [0.29, 0.717) is 13.0 Å². The summed E-state index contributed by atoms with van der Waals surface area (Å²) in [4.78, 5) is 12.2. The molecule has 290 valence electrons. The fourth-order valence-electron chi connectivity index (χ4n) is 5.31. The van der Waals surface area contributed by atoms with Gasteiger partial charge in [-0.15, -0.1) is 0 Å². The van der Waals surface area contributed by atoms with Crippen molar-refractivity contribution in [3.63, 3.8) is 0 Å². The first-order chi connectivity index (χ1) is 25.2. The molecule has 4 nitrogen and oxygen atoms in total. The van der Waals surface area contributed by atoms with E-state index in [9.17, 15) is 9.90 Å². The molecule has 0 aromatic rings. The summed E-state index contributed by atoms with van der Waals surface area (Å²) in [5.41, 5.74) is 0. The number of esters is 1. The topological polar surface area (TPSA) is 55.8 Å². The van der Waals surface area contributed by atoms with Crippen LogP contribution in [0.15, 0.2) is 97.2 Å². The van der Waals surface area contributed by atoms with Gasteiger partial charge in [0.05, 0.1) is 13.2 Å². The predicted octanol–water partition coefficient (Wildman–Crippen LogP) is 13.8. The van der Waals surface area contributed by atoms with Crippen LogP contribution < -0.4 is 0 Å². The zero-order valence-electron chi connectivity index (χ0n) is 33.1. The highest BCUT2D eigenvalue weighted by molar-refractivity contribution is 5.69. The van der Waals surface area contributed by atoms with Gasteiger partial charge in [-0.05, 0) is 89.9 Å². The predicted molar refractivity (Wildman–Crippen MR) is 223 cm³/mol. The second kappa shape index (κ2) is 43.5. The standard InChI is InChI=1S/C47H78O4/c1-3-5-7-9-11-13-15-17-19-20-21-22-23-24-25-26-27-28-29-30-32-34-36-38-40-42-47(49)51-46(44-48)45-50-43-41-39-37-35-33-31-18-16-14-12-10-8-6-4-2/h5,7-8,10-11,13-14,16-17,19,21-22,24-25,27-28,46,48H,3-4,6,9,12,15,18,20,23,26,29-45H2,1-2H3/b7-5-,10-8-,13-11-,16-14-,19-17-,22-21-,25-24-,28-27-. The van der Waals surface area contributed by atoms with Crippen LogP contribution in [0.1, 0.15) is 168 Å². The van der Waals surface area contributed by atoms with Gasteiger partial charge in [0.25, 0.3) is 0 Å². The average Bonchev–Trinajstić information content (AvgIpc) is 3.14. The lowest BCUT2D eigenvalue weighted by Crippen LogP contribution is -2.27. The third-order valence-electron chi connectivity index (χ3n) is 8.37. The van der Waals surface area contributed by atoms with Crippen molar-refractivity contribution in [1.29, 1.82) is 0 Å². The molecule has 0 aromatic heterocycles. The van der Waals surface area contributed by atoms with Crippen molar-refractivity contribution < 1.29 is 19.4 Å². The van der Waals surface area contributed by atoms with Gasteiger partial charge in [-0.3, -0.25) is 4.79 Å². The van der Waals surface area contributed by atoms with Crippen LogP contribution in [0, 0.1) is 0 Å². The normalized spacial score (nSPS) is 13.4. The lowest BCUT2D eigenvalue weighted by molar-refractivity contribution is -0.154. The number of carbonyl (C=O) groups is 1. The molecule has 51 heavy (non-hydrogen) atoms. The second-order valence-electron chi connectivity index (χ2n) is 13.3. The average molecular weight is 707 g/mol. The van der Waals surface area contributed by atoms with E-state index in [-0.39, 0.29) is 19.2 Å². The Morgan fingerprint density at radius 3 is 1.33 bits per heavy atom. The summed E-state index contributed by atoms with van der Waals surface area (Å²) < 4.78 is 11.1. The molecule has 1 unspecified atom stereocenters. The Balaban J connectivity index is 3.55. The van der Waals surface area contributed by atoms with Crippen molar-refractivity contribution in [2.75, 3.05) is 19.8 Å². The molecule has 0 aromatic carbocycles. The Morgan fingerprint density at radius 1 is 0.490 bits per heavy atom. The first kappa shape index (κ1) is 48.3. The molecule has 0 saturated carbocycles. The highest BCUT2D eigenvalue weighted by Gasteiger charge is 2.13. The summed E-state index contributed by atoms with van der Waals surface area (Å²) in [5.74, 6) is -0.224. The molecule has 0 fully saturated rings. The fourth-order valence-corrected chi connectivity index (χ4v) is 5.31. The van der Waals surface area contributed by atoms with E-state index in [1.54, 1.807) is 0 Å². The molecule has 1 N–H and O–H groups in total. The van der Waals surface area contributed by atoms with Crippen molar-refractivity contribution in [2.45, 2.75) is 174 Å². The van der Waals surface area contributed by atoms with Crippen LogP contribution in [0.3, 0.4) is 0 Å². The summed E-state index contributed by atoms with van der Waals surface area (Å²) in [7, 11) is 0. The second-order valence-corrected chi connectivity index (χ2v) is 13.3. The quantitative estimate of drug-likeness (QED) is 0.0397. The number of allylic oxidation sites excluding steroid dienone is 16. The minimum absolute atomic E-state index is 0.189. The van der Waals surface area contributed by atoms with Crippen molar-refractivity contribution in [3.05, 3.63) is 97.2 Å². The smallest absolute Gasteiger partial charge is 0.306 e. The van der Waals surface area contributed by atoms with Crippen molar-refractivity contribution >= 4 is 5.97 Å². The minimum atomic E-state index is -0.554. The van der Waals surface area contributed by atoms with E-state index in [0.717, 1.165) is 83.5 Å². The maximum absolute atomic E-state index is 12.2. The van der Waals surface area contributed by atoms with Crippen LogP contribution in [-0.4, -0.2) is 37.0 Å². The number of hydrogen-bond acceptors (Lipinski definition) is 4. The summed E-state index contributed by atoms with van der Waals surface area (Å²) >= 11 is 0. The fraction of sp³-hybridized carbons (Fsp3) is 0.638. The van der Waals surface area contributed by atoms with E-state index < -0.39 is 6.10 Å². The molecule has 0 aliphatic heterocycles. The monoisotopic (exact) mass is 707 g/mol. The van der Waals surface area contributed by atoms with Gasteiger partial charge in [-0.1, -0.05) is 169 Å². The molecular weight excluding hydrogens is 629 g/mol. The molecule has 0 saturated heterocycles. The van der Waals surface area contributed by atoms with E-state index >= 15 is 0 Å². The third kappa shape index (κ3) is 41.6. The molecule has 4 heteroatoms. The van der Waals surface area contributed by atoms with E-state index in [1.165, 1.54) is 64.2 Å². The number of carbonyl (C=O) groups excluding carboxylic acids is 1. The largest absolute Gasteiger partial charge is 0.457 e. The lowest BCUT2D eigenvalue weighted by atomic mass is 10.1. The van der Waals surface area contributed by atoms with Gasteiger partial charge in [-0.2, -0.15) is 0 Å². The van der Waals surface area contributed by atoms with Crippen LogP contribution in [0.4, 0.5) is 0 Å². The van der Waals surface area contributed by atoms with Gasteiger partial charge in [0.2, 0.25) is 0 Å². The Hall–Kier alpha value is -2.69. The number of unbranched alkanes of at least 4 members (excludes halogenated alkanes) is 13. The summed E-state index contributed by atoms with van der Waals surface area (Å²) in [6.45, 7) is 5.11. The zero-order chi connectivity index (χ0) is 37.0. The number of aliphatic hydroxyl groups excluding tert-OH is 1. The molecule has 0 aliphatic rings. The van der Waals surface area contributed by atoms with Gasteiger partial charge in [0.15, 0.2) is 0 Å². The van der Waals surface area contributed by atoms with Crippen LogP contribution in [0.2, 0.25) is 0 Å². The molecule has 0 bridgehead atoms. The minimum Gasteiger partial charge on any atom is -0.457 e. The van der Waals surface area contributed by atoms with Crippen LogP contribution in [0.25, 0.3) is 0 Å². The van der Waals surface area contributed by atoms with Gasteiger partial charge >= 0.3 is 5.97 Å². The van der Waals surface area contributed by atoms with Crippen LogP contribution in [-0.2, 0) is 14.3 Å². The van der Waals surface area contributed by atoms with Crippen molar-refractivity contribution in [2.24, 2.45) is 0 Å². The Labute approximate surface area is 315 Å². The molecule has 0 amide bonds. The molecule has 0 radical (unpaired) electrons. The van der Waals surface area contributed by atoms with E-state index in [4.69, 9.17) is 9.47 Å². The Kier molecular flexibility index (Phi) is 41.2.